The first-order valence-electron chi connectivity index (χ1n) is 6.28. The minimum Gasteiger partial charge on any atom is -0.481 e. The van der Waals surface area contributed by atoms with Crippen molar-refractivity contribution in [1.82, 2.24) is 4.72 Å². The Morgan fingerprint density at radius 3 is 2.75 bits per heavy atom. The van der Waals surface area contributed by atoms with Crippen LogP contribution in [0.15, 0.2) is 23.1 Å². The lowest BCUT2D eigenvalue weighted by atomic mass is 9.91. The summed E-state index contributed by atoms with van der Waals surface area (Å²) >= 11 is 0. The molecule has 0 heterocycles. The third kappa shape index (κ3) is 3.23. The van der Waals surface area contributed by atoms with Crippen molar-refractivity contribution >= 4 is 21.8 Å². The largest absolute Gasteiger partial charge is 0.481 e. The number of benzene rings is 1. The number of carboxylic acids is 1. The maximum Gasteiger partial charge on any atom is 0.304 e. The molecule has 0 saturated heterocycles. The van der Waals surface area contributed by atoms with Crippen LogP contribution in [0.3, 0.4) is 0 Å². The van der Waals surface area contributed by atoms with Crippen LogP contribution in [0.1, 0.15) is 35.2 Å². The van der Waals surface area contributed by atoms with E-state index in [1.165, 1.54) is 18.2 Å². The van der Waals surface area contributed by atoms with E-state index in [1.54, 1.807) is 0 Å². The molecule has 0 radical (unpaired) electrons. The Morgan fingerprint density at radius 2 is 2.05 bits per heavy atom. The highest BCUT2D eigenvalue weighted by atomic mass is 32.2. The van der Waals surface area contributed by atoms with Gasteiger partial charge in [0.1, 0.15) is 0 Å². The summed E-state index contributed by atoms with van der Waals surface area (Å²) in [5, 5.41) is 8.50. The molecule has 1 aliphatic carbocycles. The molecule has 1 aromatic carbocycles. The molecule has 20 heavy (non-hydrogen) atoms. The van der Waals surface area contributed by atoms with Gasteiger partial charge in [0.25, 0.3) is 0 Å². The second-order valence-electron chi connectivity index (χ2n) is 4.64. The topological polar surface area (TPSA) is 101 Å². The van der Waals surface area contributed by atoms with Gasteiger partial charge in [0, 0.05) is 18.5 Å². The molecule has 0 unspecified atom stereocenters. The number of ketones is 1. The summed E-state index contributed by atoms with van der Waals surface area (Å²) in [6, 6.07) is 4.41. The highest BCUT2D eigenvalue weighted by molar-refractivity contribution is 7.89. The minimum absolute atomic E-state index is 0.0361. The molecule has 0 atom stereocenters. The van der Waals surface area contributed by atoms with Crippen molar-refractivity contribution in [3.63, 3.8) is 0 Å². The van der Waals surface area contributed by atoms with E-state index in [0.29, 0.717) is 18.4 Å². The van der Waals surface area contributed by atoms with Gasteiger partial charge < -0.3 is 5.11 Å². The molecule has 0 saturated carbocycles. The Labute approximate surface area is 116 Å². The molecule has 1 aliphatic rings. The van der Waals surface area contributed by atoms with Crippen molar-refractivity contribution in [2.24, 2.45) is 0 Å². The van der Waals surface area contributed by atoms with E-state index in [0.717, 1.165) is 12.0 Å². The van der Waals surface area contributed by atoms with E-state index in [9.17, 15) is 18.0 Å². The van der Waals surface area contributed by atoms with Crippen LogP contribution in [0.2, 0.25) is 0 Å². The van der Waals surface area contributed by atoms with Crippen LogP contribution in [-0.4, -0.2) is 31.8 Å². The molecule has 6 nitrogen and oxygen atoms in total. The molecule has 2 rings (SSSR count). The first-order valence-corrected chi connectivity index (χ1v) is 7.76. The van der Waals surface area contributed by atoms with Crippen molar-refractivity contribution in [2.45, 2.75) is 30.6 Å². The predicted molar refractivity (Wildman–Crippen MR) is 71.2 cm³/mol. The maximum absolute atomic E-state index is 12.0. The first kappa shape index (κ1) is 14.7. The van der Waals surface area contributed by atoms with E-state index in [4.69, 9.17) is 5.11 Å². The van der Waals surface area contributed by atoms with Gasteiger partial charge in [-0.25, -0.2) is 13.1 Å². The molecule has 0 bridgehead atoms. The Bertz CT molecular complexity index is 651. The lowest BCUT2D eigenvalue weighted by Crippen LogP contribution is -2.26. The fourth-order valence-electron chi connectivity index (χ4n) is 2.17. The standard InChI is InChI=1S/C13H15NO5S/c15-12-3-1-2-9-8-10(4-5-11(9)12)20(18,19)14-7-6-13(16)17/h4-5,8,14H,1-3,6-7H2,(H,16,17). The van der Waals surface area contributed by atoms with Crippen LogP contribution in [0, 0.1) is 0 Å². The van der Waals surface area contributed by atoms with E-state index >= 15 is 0 Å². The van der Waals surface area contributed by atoms with E-state index < -0.39 is 16.0 Å². The SMILES string of the molecule is O=C(O)CCNS(=O)(=O)c1ccc2c(c1)CCCC2=O. The zero-order chi connectivity index (χ0) is 14.8. The fourth-order valence-corrected chi connectivity index (χ4v) is 3.25. The second kappa shape index (κ2) is 5.72. The highest BCUT2D eigenvalue weighted by Gasteiger charge is 2.21. The molecule has 0 amide bonds. The van der Waals surface area contributed by atoms with E-state index in [2.05, 4.69) is 4.72 Å². The number of carbonyl (C=O) groups is 2. The molecule has 0 spiro atoms. The highest BCUT2D eigenvalue weighted by Crippen LogP contribution is 2.24. The van der Waals surface area contributed by atoms with Crippen LogP contribution in [-0.2, 0) is 21.2 Å². The predicted octanol–water partition coefficient (Wildman–Crippen LogP) is 0.959. The summed E-state index contributed by atoms with van der Waals surface area (Å²) < 4.78 is 26.2. The number of sulfonamides is 1. The fraction of sp³-hybridized carbons (Fsp3) is 0.385. The molecule has 108 valence electrons. The summed E-state index contributed by atoms with van der Waals surface area (Å²) in [7, 11) is -3.73. The Kier molecular flexibility index (Phi) is 4.20. The molecule has 7 heteroatoms. The number of hydrogen-bond acceptors (Lipinski definition) is 4. The van der Waals surface area contributed by atoms with Crippen LogP contribution in [0.5, 0.6) is 0 Å². The zero-order valence-electron chi connectivity index (χ0n) is 10.8. The molecule has 0 aliphatic heterocycles. The van der Waals surface area contributed by atoms with Gasteiger partial charge in [-0.05, 0) is 36.6 Å². The average Bonchev–Trinajstić information content (AvgIpc) is 2.38. The van der Waals surface area contributed by atoms with Crippen LogP contribution >= 0.6 is 0 Å². The number of carboxylic acid groups (broad SMARTS) is 1. The first-order chi connectivity index (χ1) is 9.40. The van der Waals surface area contributed by atoms with Gasteiger partial charge >= 0.3 is 5.97 Å². The lowest BCUT2D eigenvalue weighted by molar-refractivity contribution is -0.136. The second-order valence-corrected chi connectivity index (χ2v) is 6.40. The Balaban J connectivity index is 2.20. The summed E-state index contributed by atoms with van der Waals surface area (Å²) in [5.74, 6) is -1.03. The van der Waals surface area contributed by atoms with Crippen LogP contribution in [0.25, 0.3) is 0 Å². The number of fused-ring (bicyclic) bond motifs is 1. The van der Waals surface area contributed by atoms with Gasteiger partial charge in [-0.3, -0.25) is 9.59 Å². The quantitative estimate of drug-likeness (QED) is 0.843. The number of hydrogen-bond donors (Lipinski definition) is 2. The maximum atomic E-state index is 12.0. The molecular formula is C13H15NO5S. The third-order valence-corrected chi connectivity index (χ3v) is 4.63. The van der Waals surface area contributed by atoms with Crippen molar-refractivity contribution < 1.29 is 23.1 Å². The summed E-state index contributed by atoms with van der Waals surface area (Å²) in [5.41, 5.74) is 1.32. The normalized spacial score (nSPS) is 14.9. The van der Waals surface area contributed by atoms with Gasteiger partial charge in [0.2, 0.25) is 10.0 Å². The van der Waals surface area contributed by atoms with Crippen molar-refractivity contribution in [3.8, 4) is 0 Å². The number of aryl methyl sites for hydroxylation is 1. The number of rotatable bonds is 5. The van der Waals surface area contributed by atoms with Gasteiger partial charge in [-0.1, -0.05) is 0 Å². The zero-order valence-corrected chi connectivity index (χ0v) is 11.6. The molecule has 2 N–H and O–H groups in total. The molecular weight excluding hydrogens is 282 g/mol. The van der Waals surface area contributed by atoms with Crippen molar-refractivity contribution in [1.29, 1.82) is 0 Å². The van der Waals surface area contributed by atoms with Crippen molar-refractivity contribution in [3.05, 3.63) is 29.3 Å². The van der Waals surface area contributed by atoms with Gasteiger partial charge in [-0.15, -0.1) is 0 Å². The summed E-state index contributed by atoms with van der Waals surface area (Å²) in [6.07, 6.45) is 1.62. The number of Topliss-reactive ketones (excluding diaryl/α,β-unsaturated/α-hetero) is 1. The van der Waals surface area contributed by atoms with Crippen LogP contribution in [0.4, 0.5) is 0 Å². The number of carbonyl (C=O) groups excluding carboxylic acids is 1. The molecule has 1 aromatic rings. The monoisotopic (exact) mass is 297 g/mol. The Morgan fingerprint density at radius 1 is 1.30 bits per heavy atom. The summed E-state index contributed by atoms with van der Waals surface area (Å²) in [4.78, 5) is 22.1. The van der Waals surface area contributed by atoms with Crippen molar-refractivity contribution in [2.75, 3.05) is 6.54 Å². The third-order valence-electron chi connectivity index (χ3n) is 3.17. The Hall–Kier alpha value is -1.73. The minimum atomic E-state index is -3.73. The molecule has 0 aromatic heterocycles. The molecule has 0 fully saturated rings. The van der Waals surface area contributed by atoms with Gasteiger partial charge in [0.05, 0.1) is 11.3 Å². The van der Waals surface area contributed by atoms with E-state index in [1.807, 2.05) is 0 Å². The smallest absolute Gasteiger partial charge is 0.304 e. The average molecular weight is 297 g/mol. The number of aliphatic carboxylic acids is 1. The van der Waals surface area contributed by atoms with Gasteiger partial charge in [-0.2, -0.15) is 0 Å². The number of nitrogens with one attached hydrogen (secondary N) is 1. The van der Waals surface area contributed by atoms with E-state index in [-0.39, 0.29) is 23.6 Å². The summed E-state index contributed by atoms with van der Waals surface area (Å²) in [6.45, 7) is -0.159. The van der Waals surface area contributed by atoms with Gasteiger partial charge in [0.15, 0.2) is 5.78 Å². The lowest BCUT2D eigenvalue weighted by Gasteiger charge is -2.15. The van der Waals surface area contributed by atoms with Crippen LogP contribution < -0.4 is 4.72 Å².